The van der Waals surface area contributed by atoms with Crippen LogP contribution in [0.15, 0.2) is 54.5 Å². The van der Waals surface area contributed by atoms with Crippen molar-refractivity contribution in [3.05, 3.63) is 55.1 Å². The molecular formula is C32H48N4O7S. The van der Waals surface area contributed by atoms with Crippen LogP contribution in [0.5, 0.6) is 0 Å². The van der Waals surface area contributed by atoms with Crippen molar-refractivity contribution in [3.8, 4) is 0 Å². The van der Waals surface area contributed by atoms with Crippen LogP contribution in [0.1, 0.15) is 58.9 Å². The third-order valence-corrected chi connectivity index (χ3v) is 9.38. The Morgan fingerprint density at radius 3 is 2.20 bits per heavy atom. The van der Waals surface area contributed by atoms with E-state index in [4.69, 9.17) is 4.74 Å². The zero-order valence-electron chi connectivity index (χ0n) is 26.7. The third kappa shape index (κ3) is 9.25. The predicted octanol–water partition coefficient (Wildman–Crippen LogP) is 2.95. The van der Waals surface area contributed by atoms with Gasteiger partial charge in [0.05, 0.1) is 12.0 Å². The van der Waals surface area contributed by atoms with Crippen LogP contribution in [-0.2, 0) is 33.9 Å². The van der Waals surface area contributed by atoms with Crippen LogP contribution in [0.3, 0.4) is 0 Å². The summed E-state index contributed by atoms with van der Waals surface area (Å²) in [6, 6.07) is 2.48. The minimum Gasteiger partial charge on any atom is -0.467 e. The van der Waals surface area contributed by atoms with E-state index in [0.717, 1.165) is 9.87 Å². The van der Waals surface area contributed by atoms with Gasteiger partial charge >= 0.3 is 5.97 Å². The quantitative estimate of drug-likeness (QED) is 0.211. The molecule has 1 unspecified atom stereocenters. The molecule has 1 aliphatic rings. The number of esters is 1. The number of carbonyl (C=O) groups excluding carboxylic acids is 4. The lowest BCUT2D eigenvalue weighted by atomic mass is 10.0. The zero-order valence-corrected chi connectivity index (χ0v) is 27.6. The maximum Gasteiger partial charge on any atom is 0.328 e. The van der Waals surface area contributed by atoms with Gasteiger partial charge in [-0.2, -0.15) is 4.31 Å². The molecule has 0 spiro atoms. The summed E-state index contributed by atoms with van der Waals surface area (Å²) in [6.45, 7) is 16.7. The maximum atomic E-state index is 14.1. The van der Waals surface area contributed by atoms with Crippen molar-refractivity contribution in [2.75, 3.05) is 20.2 Å². The van der Waals surface area contributed by atoms with Crippen molar-refractivity contribution >= 4 is 33.7 Å². The molecule has 0 saturated carbocycles. The van der Waals surface area contributed by atoms with E-state index in [1.165, 1.54) is 36.3 Å². The highest BCUT2D eigenvalue weighted by atomic mass is 32.2. The second-order valence-electron chi connectivity index (χ2n) is 11.9. The maximum absolute atomic E-state index is 14.1. The normalized spacial score (nSPS) is 17.2. The molecule has 11 nitrogen and oxygen atoms in total. The number of nitrogens with zero attached hydrogens (tertiary/aromatic N) is 2. The fourth-order valence-electron chi connectivity index (χ4n) is 5.31. The SMILES string of the molecule is C=CCC(NC(=O)[C@H](CC(C)C)NC(=O)[C@@H]1CCCN1C(=O)[C@H](C(C)C)N(CC=C)S(=O)(=O)c1ccc(C)cc1)C(=O)OC. The third-order valence-electron chi connectivity index (χ3n) is 7.51. The Hall–Kier alpha value is -3.51. The van der Waals surface area contributed by atoms with E-state index in [1.54, 1.807) is 26.0 Å². The van der Waals surface area contributed by atoms with Crippen LogP contribution in [0.4, 0.5) is 0 Å². The van der Waals surface area contributed by atoms with Gasteiger partial charge in [-0.05, 0) is 56.6 Å². The molecule has 1 fully saturated rings. The molecule has 0 radical (unpaired) electrons. The number of ether oxygens (including phenoxy) is 1. The topological polar surface area (TPSA) is 142 Å². The summed E-state index contributed by atoms with van der Waals surface area (Å²) in [5.74, 6) is -2.60. The van der Waals surface area contributed by atoms with Crippen molar-refractivity contribution in [1.82, 2.24) is 19.8 Å². The number of benzene rings is 1. The van der Waals surface area contributed by atoms with E-state index in [-0.39, 0.29) is 36.7 Å². The highest BCUT2D eigenvalue weighted by molar-refractivity contribution is 7.89. The van der Waals surface area contributed by atoms with Crippen molar-refractivity contribution in [1.29, 1.82) is 0 Å². The molecule has 1 aromatic rings. The average Bonchev–Trinajstić information content (AvgIpc) is 3.46. The van der Waals surface area contributed by atoms with E-state index in [1.807, 2.05) is 20.8 Å². The highest BCUT2D eigenvalue weighted by Gasteiger charge is 2.44. The van der Waals surface area contributed by atoms with Crippen molar-refractivity contribution in [3.63, 3.8) is 0 Å². The molecule has 1 heterocycles. The fraction of sp³-hybridized carbons (Fsp3) is 0.562. The lowest BCUT2D eigenvalue weighted by Gasteiger charge is -2.36. The molecule has 1 aromatic carbocycles. The van der Waals surface area contributed by atoms with Gasteiger partial charge in [0.1, 0.15) is 24.2 Å². The summed E-state index contributed by atoms with van der Waals surface area (Å²) in [5, 5.41) is 5.43. The van der Waals surface area contributed by atoms with Gasteiger partial charge in [0.25, 0.3) is 0 Å². The van der Waals surface area contributed by atoms with E-state index in [0.29, 0.717) is 12.8 Å². The van der Waals surface area contributed by atoms with Crippen LogP contribution >= 0.6 is 0 Å². The first-order valence-corrected chi connectivity index (χ1v) is 16.4. The van der Waals surface area contributed by atoms with E-state index in [2.05, 4.69) is 23.8 Å². The van der Waals surface area contributed by atoms with Gasteiger partial charge in [-0.25, -0.2) is 13.2 Å². The second kappa shape index (κ2) is 16.5. The van der Waals surface area contributed by atoms with Crippen molar-refractivity contribution < 1.29 is 32.3 Å². The fourth-order valence-corrected chi connectivity index (χ4v) is 7.00. The molecule has 244 valence electrons. The Morgan fingerprint density at radius 2 is 1.68 bits per heavy atom. The Kier molecular flexibility index (Phi) is 13.8. The van der Waals surface area contributed by atoms with E-state index < -0.39 is 63.8 Å². The number of aryl methyl sites for hydroxylation is 1. The predicted molar refractivity (Wildman–Crippen MR) is 169 cm³/mol. The molecule has 3 amide bonds. The van der Waals surface area contributed by atoms with Crippen LogP contribution in [0.25, 0.3) is 0 Å². The van der Waals surface area contributed by atoms with Crippen molar-refractivity contribution in [2.45, 2.75) is 89.4 Å². The summed E-state index contributed by atoms with van der Waals surface area (Å²) in [5.41, 5.74) is 0.896. The Bertz CT molecular complexity index is 1290. The number of sulfonamides is 1. The standard InChI is InChI=1S/C32H48N4O7S/c1-9-12-25(32(40)43-8)33-29(37)26(20-21(3)4)34-30(38)27-13-11-19-35(27)31(39)28(22(5)6)36(18-10-2)44(41,42)24-16-14-23(7)15-17-24/h9-10,14-17,21-22,25-28H,1-2,11-13,18-20H2,3-8H3,(H,33,37)(H,34,38)/t25?,26-,27-,28-/m0/s1. The number of nitrogens with one attached hydrogen (secondary N) is 2. The van der Waals surface area contributed by atoms with E-state index in [9.17, 15) is 27.6 Å². The lowest BCUT2D eigenvalue weighted by molar-refractivity contribution is -0.146. The second-order valence-corrected chi connectivity index (χ2v) is 13.7. The van der Waals surface area contributed by atoms with Crippen LogP contribution in [0.2, 0.25) is 0 Å². The Labute approximate surface area is 262 Å². The molecule has 2 N–H and O–H groups in total. The van der Waals surface area contributed by atoms with Crippen molar-refractivity contribution in [2.24, 2.45) is 11.8 Å². The summed E-state index contributed by atoms with van der Waals surface area (Å²) >= 11 is 0. The number of likely N-dealkylation sites (tertiary alicyclic amines) is 1. The first kappa shape index (κ1) is 36.7. The lowest BCUT2D eigenvalue weighted by Crippen LogP contribution is -2.58. The molecular weight excluding hydrogens is 584 g/mol. The molecule has 12 heteroatoms. The summed E-state index contributed by atoms with van der Waals surface area (Å²) < 4.78 is 33.5. The summed E-state index contributed by atoms with van der Waals surface area (Å²) in [4.78, 5) is 54.7. The van der Waals surface area contributed by atoms with Gasteiger partial charge < -0.3 is 20.3 Å². The molecule has 44 heavy (non-hydrogen) atoms. The first-order chi connectivity index (χ1) is 20.7. The number of hydrogen-bond donors (Lipinski definition) is 2. The number of hydrogen-bond acceptors (Lipinski definition) is 7. The van der Waals surface area contributed by atoms with Crippen LogP contribution < -0.4 is 10.6 Å². The minimum absolute atomic E-state index is 0.0214. The largest absolute Gasteiger partial charge is 0.467 e. The summed E-state index contributed by atoms with van der Waals surface area (Å²) in [6.07, 6.45) is 4.24. The zero-order chi connectivity index (χ0) is 33.2. The van der Waals surface area contributed by atoms with E-state index >= 15 is 0 Å². The number of rotatable bonds is 16. The molecule has 0 aromatic heterocycles. The Morgan fingerprint density at radius 1 is 1.05 bits per heavy atom. The van der Waals surface area contributed by atoms with Gasteiger partial charge in [0.2, 0.25) is 27.7 Å². The first-order valence-electron chi connectivity index (χ1n) is 15.0. The minimum atomic E-state index is -4.09. The average molecular weight is 633 g/mol. The van der Waals surface area contributed by atoms with Gasteiger partial charge in [-0.15, -0.1) is 13.2 Å². The summed E-state index contributed by atoms with van der Waals surface area (Å²) in [7, 11) is -2.87. The monoisotopic (exact) mass is 632 g/mol. The Balaban J connectivity index is 2.36. The number of amides is 3. The molecule has 2 rings (SSSR count). The van der Waals surface area contributed by atoms with Gasteiger partial charge in [-0.1, -0.05) is 57.5 Å². The number of carbonyl (C=O) groups is 4. The van der Waals surface area contributed by atoms with Gasteiger partial charge in [0, 0.05) is 13.1 Å². The number of methoxy groups -OCH3 is 1. The molecule has 0 bridgehead atoms. The highest BCUT2D eigenvalue weighted by Crippen LogP contribution is 2.27. The molecule has 0 aliphatic carbocycles. The van der Waals surface area contributed by atoms with Crippen LogP contribution in [0, 0.1) is 18.8 Å². The molecule has 4 atom stereocenters. The van der Waals surface area contributed by atoms with Crippen LogP contribution in [-0.4, -0.2) is 85.7 Å². The van der Waals surface area contributed by atoms with Gasteiger partial charge in [0.15, 0.2) is 0 Å². The molecule has 1 saturated heterocycles. The van der Waals surface area contributed by atoms with Gasteiger partial charge in [-0.3, -0.25) is 14.4 Å². The smallest absolute Gasteiger partial charge is 0.328 e. The molecule has 1 aliphatic heterocycles.